The van der Waals surface area contributed by atoms with Crippen molar-refractivity contribution in [3.63, 3.8) is 0 Å². The lowest BCUT2D eigenvalue weighted by Gasteiger charge is -2.48. The number of hydrogen-bond donors (Lipinski definition) is 2. The molecule has 0 saturated carbocycles. The molecular weight excluding hydrogens is 416 g/mol. The molecule has 3 aliphatic rings. The summed E-state index contributed by atoms with van der Waals surface area (Å²) in [5.41, 5.74) is 8.78. The van der Waals surface area contributed by atoms with Crippen molar-refractivity contribution in [3.8, 4) is 0 Å². The molecule has 4 nitrogen and oxygen atoms in total. The van der Waals surface area contributed by atoms with Crippen LogP contribution in [0.1, 0.15) is 60.8 Å². The van der Waals surface area contributed by atoms with Gasteiger partial charge in [0.15, 0.2) is 0 Å². The molecule has 4 aromatic rings. The molecule has 34 heavy (non-hydrogen) atoms. The van der Waals surface area contributed by atoms with Crippen molar-refractivity contribution in [1.82, 2.24) is 19.8 Å². The van der Waals surface area contributed by atoms with Gasteiger partial charge in [0.05, 0.1) is 12.1 Å². The van der Waals surface area contributed by atoms with E-state index in [2.05, 4.69) is 82.3 Å². The van der Waals surface area contributed by atoms with Gasteiger partial charge in [-0.15, -0.1) is 0 Å². The lowest BCUT2D eigenvalue weighted by molar-refractivity contribution is 0.0325. The molecule has 0 spiro atoms. The minimum atomic E-state index is 0.493. The predicted molar refractivity (Wildman–Crippen MR) is 140 cm³/mol. The number of aromatic nitrogens is 2. The van der Waals surface area contributed by atoms with Gasteiger partial charge in [0.25, 0.3) is 0 Å². The van der Waals surface area contributed by atoms with Gasteiger partial charge in [-0.25, -0.2) is 0 Å². The maximum Gasteiger partial charge on any atom is 0.0504 e. The first-order chi connectivity index (χ1) is 16.7. The number of piperidine rings is 1. The Bertz CT molecular complexity index is 1350. The lowest BCUT2D eigenvalue weighted by Crippen LogP contribution is -2.47. The average molecular weight is 453 g/mol. The predicted octanol–water partition coefficient (Wildman–Crippen LogP) is 6.21. The first-order valence-corrected chi connectivity index (χ1v) is 13.3. The minimum absolute atomic E-state index is 0.493. The monoisotopic (exact) mass is 452 g/mol. The summed E-state index contributed by atoms with van der Waals surface area (Å²) in [6.45, 7) is 6.02. The molecule has 176 valence electrons. The van der Waals surface area contributed by atoms with E-state index in [0.717, 1.165) is 24.8 Å². The first-order valence-electron chi connectivity index (χ1n) is 13.3. The molecule has 1 saturated heterocycles. The summed E-state index contributed by atoms with van der Waals surface area (Å²) in [5, 5.41) is 2.88. The molecule has 0 aliphatic carbocycles. The molecule has 0 bridgehead atoms. The van der Waals surface area contributed by atoms with Gasteiger partial charge in [-0.3, -0.25) is 9.80 Å². The van der Waals surface area contributed by atoms with Gasteiger partial charge in [0.2, 0.25) is 0 Å². The molecule has 2 N–H and O–H groups in total. The zero-order valence-corrected chi connectivity index (χ0v) is 20.5. The molecule has 0 radical (unpaired) electrons. The van der Waals surface area contributed by atoms with E-state index in [1.54, 1.807) is 11.1 Å². The van der Waals surface area contributed by atoms with Crippen molar-refractivity contribution in [2.45, 2.75) is 51.1 Å². The van der Waals surface area contributed by atoms with Gasteiger partial charge in [-0.1, -0.05) is 49.7 Å². The van der Waals surface area contributed by atoms with Crippen LogP contribution in [0.2, 0.25) is 0 Å². The molecule has 4 unspecified atom stereocenters. The average Bonchev–Trinajstić information content (AvgIpc) is 3.44. The molecule has 4 atom stereocenters. The van der Waals surface area contributed by atoms with Crippen LogP contribution in [0.4, 0.5) is 0 Å². The summed E-state index contributed by atoms with van der Waals surface area (Å²) in [6.07, 6.45) is 6.15. The second kappa shape index (κ2) is 8.00. The van der Waals surface area contributed by atoms with Crippen molar-refractivity contribution < 1.29 is 0 Å². The highest BCUT2D eigenvalue weighted by Crippen LogP contribution is 2.47. The van der Waals surface area contributed by atoms with Crippen LogP contribution in [0.25, 0.3) is 21.8 Å². The standard InChI is InChI=1S/C30H36N4/c1-3-19-18-34-15-13-24-22-9-5-7-11-26(22)32-30(24)28(34)17-20(19)16-27-29-23(12-14-33(27)2)21-8-4-6-10-25(21)31-29/h4-11,19-20,27-28,31-32H,3,12-18H2,1-2H3. The zero-order valence-electron chi connectivity index (χ0n) is 20.5. The Balaban J connectivity index is 1.23. The minimum Gasteiger partial charge on any atom is -0.357 e. The summed E-state index contributed by atoms with van der Waals surface area (Å²) in [5.74, 6) is 1.53. The van der Waals surface area contributed by atoms with Gasteiger partial charge in [-0.2, -0.15) is 0 Å². The van der Waals surface area contributed by atoms with Crippen LogP contribution < -0.4 is 0 Å². The molecule has 7 rings (SSSR count). The van der Waals surface area contributed by atoms with E-state index in [4.69, 9.17) is 0 Å². The molecule has 3 aliphatic heterocycles. The van der Waals surface area contributed by atoms with Crippen LogP contribution in [0.3, 0.4) is 0 Å². The van der Waals surface area contributed by atoms with Crippen molar-refractivity contribution in [3.05, 3.63) is 71.0 Å². The van der Waals surface area contributed by atoms with Crippen molar-refractivity contribution in [2.24, 2.45) is 11.8 Å². The second-order valence-corrected chi connectivity index (χ2v) is 11.0. The van der Waals surface area contributed by atoms with E-state index >= 15 is 0 Å². The van der Waals surface area contributed by atoms with E-state index in [1.165, 1.54) is 72.0 Å². The van der Waals surface area contributed by atoms with Crippen molar-refractivity contribution >= 4 is 21.8 Å². The van der Waals surface area contributed by atoms with Crippen LogP contribution in [-0.4, -0.2) is 46.4 Å². The Morgan fingerprint density at radius 1 is 0.824 bits per heavy atom. The quantitative estimate of drug-likeness (QED) is 0.388. The SMILES string of the molecule is CCC1CN2CCc3c([nH]c4ccccc34)C2CC1CC1c2[nH]c3ccccc3c2CCN1C. The summed E-state index contributed by atoms with van der Waals surface area (Å²) >= 11 is 0. The number of rotatable bonds is 3. The largest absolute Gasteiger partial charge is 0.357 e. The fourth-order valence-corrected chi connectivity index (χ4v) is 7.56. The summed E-state index contributed by atoms with van der Waals surface area (Å²) in [6, 6.07) is 18.8. The summed E-state index contributed by atoms with van der Waals surface area (Å²) < 4.78 is 0. The molecule has 1 fully saturated rings. The van der Waals surface area contributed by atoms with E-state index in [1.807, 2.05) is 0 Å². The maximum atomic E-state index is 3.86. The fourth-order valence-electron chi connectivity index (χ4n) is 7.56. The number of benzene rings is 2. The zero-order chi connectivity index (χ0) is 22.8. The first kappa shape index (κ1) is 20.8. The van der Waals surface area contributed by atoms with Gasteiger partial charge < -0.3 is 9.97 Å². The topological polar surface area (TPSA) is 38.1 Å². The van der Waals surface area contributed by atoms with Crippen molar-refractivity contribution in [2.75, 3.05) is 26.7 Å². The fraction of sp³-hybridized carbons (Fsp3) is 0.467. The number of fused-ring (bicyclic) bond motifs is 8. The lowest BCUT2D eigenvalue weighted by atomic mass is 9.73. The molecule has 2 aromatic heterocycles. The number of nitrogens with one attached hydrogen (secondary N) is 2. The maximum absolute atomic E-state index is 3.86. The van der Waals surface area contributed by atoms with Gasteiger partial charge >= 0.3 is 0 Å². The Morgan fingerprint density at radius 2 is 1.47 bits per heavy atom. The number of nitrogens with zero attached hydrogens (tertiary/aromatic N) is 2. The Hall–Kier alpha value is -2.56. The number of hydrogen-bond acceptors (Lipinski definition) is 2. The van der Waals surface area contributed by atoms with Crippen LogP contribution in [0.15, 0.2) is 48.5 Å². The number of likely N-dealkylation sites (N-methyl/N-ethyl adjacent to an activating group) is 1. The van der Waals surface area contributed by atoms with Gasteiger partial charge in [0.1, 0.15) is 0 Å². The highest BCUT2D eigenvalue weighted by atomic mass is 15.2. The number of aromatic amines is 2. The Kier molecular flexibility index (Phi) is 4.89. The third kappa shape index (κ3) is 3.11. The summed E-state index contributed by atoms with van der Waals surface area (Å²) in [7, 11) is 2.34. The van der Waals surface area contributed by atoms with Crippen LogP contribution >= 0.6 is 0 Å². The smallest absolute Gasteiger partial charge is 0.0504 e. The van der Waals surface area contributed by atoms with E-state index in [0.29, 0.717) is 12.1 Å². The van der Waals surface area contributed by atoms with Gasteiger partial charge in [-0.05, 0) is 67.8 Å². The molecule has 5 heterocycles. The number of para-hydroxylation sites is 2. The third-order valence-corrected chi connectivity index (χ3v) is 9.41. The Morgan fingerprint density at radius 3 is 2.21 bits per heavy atom. The molecule has 2 aromatic carbocycles. The third-order valence-electron chi connectivity index (χ3n) is 9.41. The van der Waals surface area contributed by atoms with Crippen molar-refractivity contribution in [1.29, 1.82) is 0 Å². The van der Waals surface area contributed by atoms with Crippen LogP contribution in [0, 0.1) is 11.8 Å². The van der Waals surface area contributed by atoms with E-state index in [9.17, 15) is 0 Å². The molecular formula is C30H36N4. The summed E-state index contributed by atoms with van der Waals surface area (Å²) in [4.78, 5) is 13.1. The van der Waals surface area contributed by atoms with Crippen LogP contribution in [-0.2, 0) is 12.8 Å². The normalized spacial score (nSPS) is 27.6. The van der Waals surface area contributed by atoms with E-state index in [-0.39, 0.29) is 0 Å². The van der Waals surface area contributed by atoms with Crippen LogP contribution in [0.5, 0.6) is 0 Å². The number of H-pyrrole nitrogens is 2. The highest BCUT2D eigenvalue weighted by Gasteiger charge is 2.41. The second-order valence-electron chi connectivity index (χ2n) is 11.0. The van der Waals surface area contributed by atoms with E-state index < -0.39 is 0 Å². The highest BCUT2D eigenvalue weighted by molar-refractivity contribution is 5.86. The molecule has 4 heteroatoms. The van der Waals surface area contributed by atoms with Gasteiger partial charge in [0, 0.05) is 52.8 Å². The molecule has 0 amide bonds. The Labute approximate surface area is 202 Å².